The van der Waals surface area contributed by atoms with Gasteiger partial charge in [0.25, 0.3) is 0 Å². The first-order valence-corrected chi connectivity index (χ1v) is 5.83. The Morgan fingerprint density at radius 3 is 2.26 bits per heavy atom. The van der Waals surface area contributed by atoms with Crippen molar-refractivity contribution in [2.24, 2.45) is 0 Å². The smallest absolute Gasteiger partial charge is 0.243 e. The topological polar surface area (TPSA) is 12.9 Å². The third-order valence-electron chi connectivity index (χ3n) is 3.13. The van der Waals surface area contributed by atoms with Crippen LogP contribution in [0.2, 0.25) is 0 Å². The molecule has 0 aliphatic rings. The molecule has 0 saturated heterocycles. The molecule has 0 aliphatic heterocycles. The van der Waals surface area contributed by atoms with E-state index in [0.29, 0.717) is 10.9 Å². The van der Waals surface area contributed by atoms with Crippen LogP contribution < -0.4 is 0 Å². The molecule has 19 heavy (non-hydrogen) atoms. The van der Waals surface area contributed by atoms with Gasteiger partial charge in [0.1, 0.15) is 0 Å². The molecule has 1 nitrogen and oxygen atoms in total. The molecular weight excluding hydrogens is 251 g/mol. The number of alkyl halides is 3. The molecule has 1 aromatic heterocycles. The first kappa shape index (κ1) is 12.0. The molecule has 0 unspecified atom stereocenters. The number of fused-ring (bicyclic) bond motifs is 3. The van der Waals surface area contributed by atoms with Crippen LogP contribution in [-0.2, 0) is 6.18 Å². The van der Waals surface area contributed by atoms with Gasteiger partial charge in [-0.25, -0.2) is 4.98 Å². The minimum Gasteiger partial charge on any atom is -0.243 e. The maximum absolute atomic E-state index is 13.1. The highest BCUT2D eigenvalue weighted by Crippen LogP contribution is 2.36. The van der Waals surface area contributed by atoms with Crippen molar-refractivity contribution in [1.29, 1.82) is 0 Å². The lowest BCUT2D eigenvalue weighted by Crippen LogP contribution is -2.09. The molecular formula is C15H10F3N. The first-order chi connectivity index (χ1) is 8.97. The number of aryl methyl sites for hydroxylation is 1. The zero-order chi connectivity index (χ0) is 13.6. The van der Waals surface area contributed by atoms with Crippen molar-refractivity contribution in [3.05, 3.63) is 53.7 Å². The highest BCUT2D eigenvalue weighted by Gasteiger charge is 2.35. The Balaban J connectivity index is 2.54. The van der Waals surface area contributed by atoms with Crippen molar-refractivity contribution in [3.63, 3.8) is 0 Å². The average Bonchev–Trinajstić information content (AvgIpc) is 2.36. The second-order valence-electron chi connectivity index (χ2n) is 4.52. The third-order valence-corrected chi connectivity index (χ3v) is 3.13. The van der Waals surface area contributed by atoms with Gasteiger partial charge < -0.3 is 0 Å². The van der Waals surface area contributed by atoms with Gasteiger partial charge in [-0.3, -0.25) is 0 Å². The molecule has 0 bridgehead atoms. The van der Waals surface area contributed by atoms with Crippen LogP contribution in [0.25, 0.3) is 21.7 Å². The summed E-state index contributed by atoms with van der Waals surface area (Å²) < 4.78 is 39.3. The Morgan fingerprint density at radius 2 is 1.58 bits per heavy atom. The van der Waals surface area contributed by atoms with Crippen LogP contribution in [0.1, 0.15) is 11.3 Å². The number of rotatable bonds is 0. The summed E-state index contributed by atoms with van der Waals surface area (Å²) in [6, 6.07) is 11.9. The molecule has 1 heterocycles. The van der Waals surface area contributed by atoms with E-state index in [1.165, 1.54) is 6.07 Å². The van der Waals surface area contributed by atoms with Crippen molar-refractivity contribution >= 4 is 21.7 Å². The summed E-state index contributed by atoms with van der Waals surface area (Å²) >= 11 is 0. The molecule has 3 rings (SSSR count). The monoisotopic (exact) mass is 261 g/mol. The number of halogens is 3. The van der Waals surface area contributed by atoms with Crippen LogP contribution in [0.4, 0.5) is 13.2 Å². The van der Waals surface area contributed by atoms with Gasteiger partial charge in [-0.2, -0.15) is 13.2 Å². The van der Waals surface area contributed by atoms with Crippen LogP contribution in [0, 0.1) is 6.92 Å². The van der Waals surface area contributed by atoms with Crippen LogP contribution in [0.3, 0.4) is 0 Å². The van der Waals surface area contributed by atoms with E-state index in [1.807, 2.05) is 19.1 Å². The Morgan fingerprint density at radius 1 is 0.895 bits per heavy atom. The zero-order valence-electron chi connectivity index (χ0n) is 10.1. The average molecular weight is 261 g/mol. The maximum atomic E-state index is 13.1. The molecule has 0 spiro atoms. The van der Waals surface area contributed by atoms with Gasteiger partial charge in [-0.15, -0.1) is 0 Å². The fraction of sp³-hybridized carbons (Fsp3) is 0.133. The van der Waals surface area contributed by atoms with Crippen LogP contribution in [-0.4, -0.2) is 4.98 Å². The van der Waals surface area contributed by atoms with E-state index in [4.69, 9.17) is 0 Å². The first-order valence-electron chi connectivity index (χ1n) is 5.83. The summed E-state index contributed by atoms with van der Waals surface area (Å²) in [6.45, 7) is 1.84. The lowest BCUT2D eigenvalue weighted by Gasteiger charge is -2.12. The lowest BCUT2D eigenvalue weighted by molar-refractivity contribution is -0.139. The summed E-state index contributed by atoms with van der Waals surface area (Å²) in [7, 11) is 0. The molecule has 0 aliphatic carbocycles. The molecule has 0 atom stereocenters. The van der Waals surface area contributed by atoms with Gasteiger partial charge in [0.05, 0.1) is 5.52 Å². The largest absolute Gasteiger partial charge is 0.433 e. The second kappa shape index (κ2) is 3.95. The number of pyridine rings is 1. The molecule has 2 aromatic carbocycles. The Labute approximate surface area is 107 Å². The van der Waals surface area contributed by atoms with Gasteiger partial charge in [0, 0.05) is 10.8 Å². The Bertz CT molecular complexity index is 775. The Hall–Kier alpha value is -2.10. The van der Waals surface area contributed by atoms with Gasteiger partial charge in [-0.05, 0) is 23.9 Å². The number of hydrogen-bond donors (Lipinski definition) is 0. The van der Waals surface area contributed by atoms with E-state index in [1.54, 1.807) is 24.3 Å². The van der Waals surface area contributed by atoms with Crippen LogP contribution in [0.15, 0.2) is 42.5 Å². The molecule has 3 aromatic rings. The number of benzene rings is 2. The number of nitrogens with zero attached hydrogens (tertiary/aromatic N) is 1. The van der Waals surface area contributed by atoms with Gasteiger partial charge >= 0.3 is 6.18 Å². The predicted molar refractivity (Wildman–Crippen MR) is 69.0 cm³/mol. The lowest BCUT2D eigenvalue weighted by atomic mass is 10.0. The summed E-state index contributed by atoms with van der Waals surface area (Å²) in [5.41, 5.74) is 0.454. The van der Waals surface area contributed by atoms with Crippen molar-refractivity contribution in [2.75, 3.05) is 0 Å². The van der Waals surface area contributed by atoms with Crippen molar-refractivity contribution in [3.8, 4) is 0 Å². The highest BCUT2D eigenvalue weighted by atomic mass is 19.4. The minimum atomic E-state index is -4.45. The molecule has 4 heteroatoms. The van der Waals surface area contributed by atoms with Crippen molar-refractivity contribution in [1.82, 2.24) is 4.98 Å². The van der Waals surface area contributed by atoms with Gasteiger partial charge in [0.15, 0.2) is 5.69 Å². The van der Waals surface area contributed by atoms with Crippen LogP contribution >= 0.6 is 0 Å². The summed E-state index contributed by atoms with van der Waals surface area (Å²) in [6.07, 6.45) is -4.45. The normalized spacial score (nSPS) is 12.2. The van der Waals surface area contributed by atoms with E-state index < -0.39 is 11.9 Å². The third kappa shape index (κ3) is 1.93. The fourth-order valence-corrected chi connectivity index (χ4v) is 2.28. The number of aromatic nitrogens is 1. The van der Waals surface area contributed by atoms with Gasteiger partial charge in [-0.1, -0.05) is 36.4 Å². The molecule has 96 valence electrons. The minimum absolute atomic E-state index is 0.145. The van der Waals surface area contributed by atoms with Gasteiger partial charge in [0.2, 0.25) is 0 Å². The molecule has 0 fully saturated rings. The summed E-state index contributed by atoms with van der Waals surface area (Å²) in [5, 5.41) is 1.47. The highest BCUT2D eigenvalue weighted by molar-refractivity contribution is 6.06. The predicted octanol–water partition coefficient (Wildman–Crippen LogP) is 4.72. The second-order valence-corrected chi connectivity index (χ2v) is 4.52. The molecule has 0 radical (unpaired) electrons. The summed E-state index contributed by atoms with van der Waals surface area (Å²) in [5.74, 6) is 0. The van der Waals surface area contributed by atoms with E-state index in [-0.39, 0.29) is 5.39 Å². The zero-order valence-corrected chi connectivity index (χ0v) is 10.1. The SMILES string of the molecule is Cc1ccc2c(c1)nc(C(F)(F)F)c1ccccc12. The molecule has 0 N–H and O–H groups in total. The van der Waals surface area contributed by atoms with E-state index >= 15 is 0 Å². The van der Waals surface area contributed by atoms with Crippen LogP contribution in [0.5, 0.6) is 0 Å². The van der Waals surface area contributed by atoms with E-state index in [9.17, 15) is 13.2 Å². The Kier molecular flexibility index (Phi) is 2.49. The van der Waals surface area contributed by atoms with Crippen molar-refractivity contribution in [2.45, 2.75) is 13.1 Å². The van der Waals surface area contributed by atoms with E-state index in [0.717, 1.165) is 10.9 Å². The summed E-state index contributed by atoms with van der Waals surface area (Å²) in [4.78, 5) is 3.81. The maximum Gasteiger partial charge on any atom is 0.433 e. The standard InChI is InChI=1S/C15H10F3N/c1-9-6-7-11-10-4-2-3-5-12(10)14(15(16,17)18)19-13(11)8-9/h2-8H,1H3. The molecule has 0 amide bonds. The molecule has 0 saturated carbocycles. The van der Waals surface area contributed by atoms with E-state index in [2.05, 4.69) is 4.98 Å². The van der Waals surface area contributed by atoms with Crippen molar-refractivity contribution < 1.29 is 13.2 Å². The quantitative estimate of drug-likeness (QED) is 0.534. The fourth-order valence-electron chi connectivity index (χ4n) is 2.28. The number of hydrogen-bond acceptors (Lipinski definition) is 1.